The summed E-state index contributed by atoms with van der Waals surface area (Å²) in [7, 11) is 0. The van der Waals surface area contributed by atoms with Crippen molar-refractivity contribution in [3.05, 3.63) is 59.3 Å². The number of benzene rings is 1. The van der Waals surface area contributed by atoms with Gasteiger partial charge in [0.25, 0.3) is 5.91 Å². The van der Waals surface area contributed by atoms with E-state index in [0.717, 1.165) is 63.2 Å². The first kappa shape index (κ1) is 16.1. The highest BCUT2D eigenvalue weighted by molar-refractivity contribution is 5.99. The number of anilines is 1. The van der Waals surface area contributed by atoms with Crippen molar-refractivity contribution in [3.8, 4) is 0 Å². The third-order valence-electron chi connectivity index (χ3n) is 5.31. The number of piperidine rings is 1. The number of hydrogen-bond acceptors (Lipinski definition) is 3. The lowest BCUT2D eigenvalue weighted by Crippen LogP contribution is -2.37. The molecule has 2 aromatic rings. The first-order valence-corrected chi connectivity index (χ1v) is 9.39. The highest BCUT2D eigenvalue weighted by Gasteiger charge is 2.25. The van der Waals surface area contributed by atoms with Crippen molar-refractivity contribution in [1.29, 1.82) is 0 Å². The van der Waals surface area contributed by atoms with Gasteiger partial charge >= 0.3 is 0 Å². The van der Waals surface area contributed by atoms with E-state index >= 15 is 0 Å². The Hall–Kier alpha value is -2.36. The Balaban J connectivity index is 1.63. The molecule has 3 heterocycles. The molecule has 0 spiro atoms. The van der Waals surface area contributed by atoms with Crippen LogP contribution in [0.15, 0.2) is 42.6 Å². The smallest absolute Gasteiger partial charge is 0.257 e. The Morgan fingerprint density at radius 1 is 0.880 bits per heavy atom. The number of amides is 1. The maximum Gasteiger partial charge on any atom is 0.257 e. The Bertz CT molecular complexity index is 752. The fraction of sp³-hybridized carbons (Fsp3) is 0.429. The maximum atomic E-state index is 13.1. The van der Waals surface area contributed by atoms with Gasteiger partial charge in [-0.05, 0) is 55.4 Å². The number of nitrogens with zero attached hydrogens (tertiary/aromatic N) is 3. The molecule has 0 saturated carbocycles. The van der Waals surface area contributed by atoms with Crippen LogP contribution < -0.4 is 4.90 Å². The van der Waals surface area contributed by atoms with Gasteiger partial charge < -0.3 is 9.80 Å². The molecular weight excluding hydrogens is 310 g/mol. The largest absolute Gasteiger partial charge is 0.352 e. The summed E-state index contributed by atoms with van der Waals surface area (Å²) in [6, 6.07) is 12.4. The van der Waals surface area contributed by atoms with Gasteiger partial charge in [-0.3, -0.25) is 4.79 Å². The first-order valence-electron chi connectivity index (χ1n) is 9.39. The number of aryl methyl sites for hydroxylation is 1. The van der Waals surface area contributed by atoms with E-state index in [4.69, 9.17) is 0 Å². The summed E-state index contributed by atoms with van der Waals surface area (Å²) in [4.78, 5) is 21.9. The minimum Gasteiger partial charge on any atom is -0.352 e. The molecule has 1 amide bonds. The standard InChI is InChI=1S/C21H25N3O/c25-21(23-13-4-1-5-14-23)19-11-6-12-22-20(19)24-15-7-10-17-8-2-3-9-18(17)16-24/h2-3,6,8-9,11-12H,1,4-5,7,10,13-16H2. The van der Waals surface area contributed by atoms with Gasteiger partial charge in [-0.2, -0.15) is 0 Å². The van der Waals surface area contributed by atoms with Gasteiger partial charge in [-0.25, -0.2) is 4.98 Å². The van der Waals surface area contributed by atoms with Crippen LogP contribution in [0, 0.1) is 0 Å². The molecular formula is C21H25N3O. The molecule has 25 heavy (non-hydrogen) atoms. The third kappa shape index (κ3) is 3.39. The molecule has 2 aliphatic heterocycles. The highest BCUT2D eigenvalue weighted by Crippen LogP contribution is 2.26. The molecule has 0 unspecified atom stereocenters. The Kier molecular flexibility index (Phi) is 4.68. The summed E-state index contributed by atoms with van der Waals surface area (Å²) >= 11 is 0. The molecule has 0 atom stereocenters. The summed E-state index contributed by atoms with van der Waals surface area (Å²) < 4.78 is 0. The average molecular weight is 335 g/mol. The van der Waals surface area contributed by atoms with Crippen molar-refractivity contribution in [2.24, 2.45) is 0 Å². The third-order valence-corrected chi connectivity index (χ3v) is 5.31. The van der Waals surface area contributed by atoms with Crippen LogP contribution in [0.4, 0.5) is 5.82 Å². The van der Waals surface area contributed by atoms with Gasteiger partial charge in [0.05, 0.1) is 5.56 Å². The number of fused-ring (bicyclic) bond motifs is 1. The van der Waals surface area contributed by atoms with Gasteiger partial charge in [0.2, 0.25) is 0 Å². The minimum atomic E-state index is 0.139. The lowest BCUT2D eigenvalue weighted by molar-refractivity contribution is 0.0724. The quantitative estimate of drug-likeness (QED) is 0.840. The van der Waals surface area contributed by atoms with Crippen LogP contribution in [-0.2, 0) is 13.0 Å². The first-order chi connectivity index (χ1) is 12.3. The monoisotopic (exact) mass is 335 g/mol. The second-order valence-corrected chi connectivity index (χ2v) is 7.02. The molecule has 0 radical (unpaired) electrons. The summed E-state index contributed by atoms with van der Waals surface area (Å²) in [5.74, 6) is 0.982. The fourth-order valence-corrected chi connectivity index (χ4v) is 3.96. The minimum absolute atomic E-state index is 0.139. The van der Waals surface area contributed by atoms with Crippen LogP contribution in [-0.4, -0.2) is 35.4 Å². The number of carbonyl (C=O) groups excluding carboxylic acids is 1. The van der Waals surface area contributed by atoms with Crippen molar-refractivity contribution in [2.45, 2.75) is 38.6 Å². The molecule has 0 aliphatic carbocycles. The van der Waals surface area contributed by atoms with E-state index < -0.39 is 0 Å². The molecule has 0 N–H and O–H groups in total. The van der Waals surface area contributed by atoms with Crippen molar-refractivity contribution in [2.75, 3.05) is 24.5 Å². The van der Waals surface area contributed by atoms with Gasteiger partial charge in [0, 0.05) is 32.4 Å². The molecule has 4 rings (SSSR count). The van der Waals surface area contributed by atoms with Crippen molar-refractivity contribution in [1.82, 2.24) is 9.88 Å². The van der Waals surface area contributed by atoms with Crippen LogP contribution in [0.3, 0.4) is 0 Å². The summed E-state index contributed by atoms with van der Waals surface area (Å²) in [6.07, 6.45) is 7.43. The SMILES string of the molecule is O=C(c1cccnc1N1CCCc2ccccc2C1)N1CCCCC1. The fourth-order valence-electron chi connectivity index (χ4n) is 3.96. The molecule has 0 bridgehead atoms. The number of aromatic nitrogens is 1. The number of likely N-dealkylation sites (tertiary alicyclic amines) is 1. The number of pyridine rings is 1. The van der Waals surface area contributed by atoms with E-state index in [1.165, 1.54) is 17.5 Å². The Morgan fingerprint density at radius 2 is 1.68 bits per heavy atom. The van der Waals surface area contributed by atoms with E-state index in [1.807, 2.05) is 17.0 Å². The lowest BCUT2D eigenvalue weighted by atomic mass is 10.0. The van der Waals surface area contributed by atoms with Crippen LogP contribution in [0.2, 0.25) is 0 Å². The molecule has 2 aliphatic rings. The second-order valence-electron chi connectivity index (χ2n) is 7.02. The maximum absolute atomic E-state index is 13.1. The Morgan fingerprint density at radius 3 is 2.52 bits per heavy atom. The average Bonchev–Trinajstić information content (AvgIpc) is 2.90. The second kappa shape index (κ2) is 7.26. The number of hydrogen-bond donors (Lipinski definition) is 0. The van der Waals surface area contributed by atoms with Crippen molar-refractivity contribution >= 4 is 11.7 Å². The van der Waals surface area contributed by atoms with E-state index in [-0.39, 0.29) is 5.91 Å². The molecule has 1 fully saturated rings. The molecule has 1 saturated heterocycles. The number of rotatable bonds is 2. The zero-order valence-electron chi connectivity index (χ0n) is 14.7. The summed E-state index contributed by atoms with van der Waals surface area (Å²) in [5.41, 5.74) is 3.52. The van der Waals surface area contributed by atoms with Crippen molar-refractivity contribution < 1.29 is 4.79 Å². The van der Waals surface area contributed by atoms with Crippen LogP contribution in [0.1, 0.15) is 47.2 Å². The lowest BCUT2D eigenvalue weighted by Gasteiger charge is -2.29. The summed E-state index contributed by atoms with van der Waals surface area (Å²) in [5, 5.41) is 0. The predicted octanol–water partition coefficient (Wildman–Crippen LogP) is 3.66. The van der Waals surface area contributed by atoms with Gasteiger partial charge in [-0.1, -0.05) is 24.3 Å². The predicted molar refractivity (Wildman–Crippen MR) is 99.8 cm³/mol. The van der Waals surface area contributed by atoms with E-state index in [0.29, 0.717) is 0 Å². The molecule has 1 aromatic carbocycles. The highest BCUT2D eigenvalue weighted by atomic mass is 16.2. The molecule has 1 aromatic heterocycles. The van der Waals surface area contributed by atoms with Crippen LogP contribution in [0.5, 0.6) is 0 Å². The van der Waals surface area contributed by atoms with Crippen LogP contribution >= 0.6 is 0 Å². The zero-order chi connectivity index (χ0) is 17.1. The summed E-state index contributed by atoms with van der Waals surface area (Å²) in [6.45, 7) is 3.51. The Labute approximate surface area is 149 Å². The van der Waals surface area contributed by atoms with E-state index in [9.17, 15) is 4.79 Å². The van der Waals surface area contributed by atoms with E-state index in [2.05, 4.69) is 34.1 Å². The number of carbonyl (C=O) groups is 1. The van der Waals surface area contributed by atoms with Crippen molar-refractivity contribution in [3.63, 3.8) is 0 Å². The normalized spacial score (nSPS) is 17.8. The van der Waals surface area contributed by atoms with Gasteiger partial charge in [-0.15, -0.1) is 0 Å². The zero-order valence-corrected chi connectivity index (χ0v) is 14.7. The van der Waals surface area contributed by atoms with Gasteiger partial charge in [0.1, 0.15) is 5.82 Å². The molecule has 130 valence electrons. The van der Waals surface area contributed by atoms with E-state index in [1.54, 1.807) is 6.20 Å². The topological polar surface area (TPSA) is 36.4 Å². The van der Waals surface area contributed by atoms with Gasteiger partial charge in [0.15, 0.2) is 0 Å². The molecule has 4 nitrogen and oxygen atoms in total. The van der Waals surface area contributed by atoms with Crippen LogP contribution in [0.25, 0.3) is 0 Å². The molecule has 4 heteroatoms.